The molecule has 0 aliphatic heterocycles. The number of aliphatic imine (C=N–C) groups is 1. The second kappa shape index (κ2) is 11.2. The van der Waals surface area contributed by atoms with Gasteiger partial charge in [-0.3, -0.25) is 4.99 Å². The van der Waals surface area contributed by atoms with Crippen molar-refractivity contribution >= 4 is 41.5 Å². The zero-order valence-electron chi connectivity index (χ0n) is 16.9. The standard InChI is InChI=1S/C21H23ClFN5O.HI/c1-14(16-4-9-20(29-3)19(23)10-16)27-21(24-2)25-11-15-12-26-28(13-15)18-7-5-17(22)6-8-18;/h4-10,12-14H,11H2,1-3H3,(H2,24,25,27);1H. The minimum Gasteiger partial charge on any atom is -0.494 e. The summed E-state index contributed by atoms with van der Waals surface area (Å²) in [7, 11) is 3.13. The molecule has 2 N–H and O–H groups in total. The number of nitrogens with one attached hydrogen (secondary N) is 2. The fraction of sp³-hybridized carbons (Fsp3) is 0.238. The van der Waals surface area contributed by atoms with Crippen LogP contribution in [-0.2, 0) is 6.54 Å². The molecule has 2 aromatic carbocycles. The molecule has 0 aliphatic carbocycles. The molecule has 3 rings (SSSR count). The van der Waals surface area contributed by atoms with E-state index in [1.165, 1.54) is 13.2 Å². The van der Waals surface area contributed by atoms with Crippen molar-refractivity contribution in [1.29, 1.82) is 0 Å². The smallest absolute Gasteiger partial charge is 0.191 e. The Labute approximate surface area is 197 Å². The van der Waals surface area contributed by atoms with Crippen LogP contribution < -0.4 is 15.4 Å². The van der Waals surface area contributed by atoms with E-state index in [2.05, 4.69) is 20.7 Å². The van der Waals surface area contributed by atoms with Gasteiger partial charge in [-0.15, -0.1) is 24.0 Å². The lowest BCUT2D eigenvalue weighted by atomic mass is 10.1. The van der Waals surface area contributed by atoms with Crippen molar-refractivity contribution in [1.82, 2.24) is 20.4 Å². The molecule has 1 atom stereocenters. The van der Waals surface area contributed by atoms with Crippen LogP contribution in [0.15, 0.2) is 59.9 Å². The highest BCUT2D eigenvalue weighted by molar-refractivity contribution is 14.0. The highest BCUT2D eigenvalue weighted by Gasteiger charge is 2.11. The Morgan fingerprint density at radius 1 is 1.27 bits per heavy atom. The maximum Gasteiger partial charge on any atom is 0.191 e. The average molecular weight is 544 g/mol. The summed E-state index contributed by atoms with van der Waals surface area (Å²) in [5.74, 6) is 0.435. The number of aromatic nitrogens is 2. The Hall–Kier alpha value is -2.33. The fourth-order valence-electron chi connectivity index (χ4n) is 2.81. The van der Waals surface area contributed by atoms with Gasteiger partial charge < -0.3 is 15.4 Å². The first kappa shape index (κ1) is 23.9. The molecule has 1 heterocycles. The first-order valence-electron chi connectivity index (χ1n) is 9.10. The Morgan fingerprint density at radius 3 is 2.63 bits per heavy atom. The third kappa shape index (κ3) is 6.09. The molecule has 0 radical (unpaired) electrons. The first-order valence-corrected chi connectivity index (χ1v) is 9.48. The molecule has 9 heteroatoms. The molecule has 1 aromatic heterocycles. The van der Waals surface area contributed by atoms with Crippen molar-refractivity contribution in [3.63, 3.8) is 0 Å². The predicted octanol–water partition coefficient (Wildman–Crippen LogP) is 4.72. The number of halogens is 3. The van der Waals surface area contributed by atoms with Gasteiger partial charge in [-0.05, 0) is 48.9 Å². The number of benzene rings is 2. The molecule has 0 bridgehead atoms. The molecule has 0 amide bonds. The van der Waals surface area contributed by atoms with Gasteiger partial charge in [0.25, 0.3) is 0 Å². The van der Waals surface area contributed by atoms with Crippen molar-refractivity contribution in [3.05, 3.63) is 76.8 Å². The third-order valence-electron chi connectivity index (χ3n) is 4.44. The molecule has 0 saturated heterocycles. The van der Waals surface area contributed by atoms with E-state index in [0.717, 1.165) is 16.8 Å². The number of rotatable bonds is 6. The van der Waals surface area contributed by atoms with Gasteiger partial charge in [-0.1, -0.05) is 17.7 Å². The summed E-state index contributed by atoms with van der Waals surface area (Å²) < 4.78 is 20.7. The van der Waals surface area contributed by atoms with Gasteiger partial charge in [0.05, 0.1) is 25.0 Å². The zero-order chi connectivity index (χ0) is 20.8. The Kier molecular flexibility index (Phi) is 8.91. The SMILES string of the molecule is CN=C(NCc1cnn(-c2ccc(Cl)cc2)c1)NC(C)c1ccc(OC)c(F)c1.I. The predicted molar refractivity (Wildman–Crippen MR) is 129 cm³/mol. The monoisotopic (exact) mass is 543 g/mol. The van der Waals surface area contributed by atoms with Crippen LogP contribution in [0.3, 0.4) is 0 Å². The number of hydrogen-bond acceptors (Lipinski definition) is 3. The molecular formula is C21H24ClFIN5O. The Balaban J connectivity index is 0.00000320. The molecule has 0 saturated carbocycles. The molecular weight excluding hydrogens is 520 g/mol. The van der Waals surface area contributed by atoms with Gasteiger partial charge in [0.15, 0.2) is 17.5 Å². The van der Waals surface area contributed by atoms with Crippen LogP contribution in [0.4, 0.5) is 4.39 Å². The van der Waals surface area contributed by atoms with E-state index in [1.807, 2.05) is 43.5 Å². The Bertz CT molecular complexity index is 993. The number of hydrogen-bond donors (Lipinski definition) is 2. The van der Waals surface area contributed by atoms with Crippen LogP contribution in [0.25, 0.3) is 5.69 Å². The van der Waals surface area contributed by atoms with Crippen molar-refractivity contribution in [3.8, 4) is 11.4 Å². The number of guanidine groups is 1. The quantitative estimate of drug-likeness (QED) is 0.268. The maximum absolute atomic E-state index is 13.9. The summed E-state index contributed by atoms with van der Waals surface area (Å²) in [6, 6.07) is 12.2. The molecule has 6 nitrogen and oxygen atoms in total. The Morgan fingerprint density at radius 2 is 2.00 bits per heavy atom. The average Bonchev–Trinajstić information content (AvgIpc) is 3.20. The number of methoxy groups -OCH3 is 1. The summed E-state index contributed by atoms with van der Waals surface area (Å²) in [5, 5.41) is 11.6. The minimum absolute atomic E-state index is 0. The third-order valence-corrected chi connectivity index (χ3v) is 4.69. The summed E-state index contributed by atoms with van der Waals surface area (Å²) in [6.45, 7) is 2.48. The first-order chi connectivity index (χ1) is 14.0. The molecule has 0 spiro atoms. The molecule has 0 aliphatic rings. The van der Waals surface area contributed by atoms with Crippen molar-refractivity contribution in [2.75, 3.05) is 14.2 Å². The van der Waals surface area contributed by atoms with E-state index in [4.69, 9.17) is 16.3 Å². The normalized spacial score (nSPS) is 12.1. The van der Waals surface area contributed by atoms with Crippen LogP contribution in [0.5, 0.6) is 5.75 Å². The highest BCUT2D eigenvalue weighted by Crippen LogP contribution is 2.21. The molecule has 160 valence electrons. The second-order valence-corrected chi connectivity index (χ2v) is 6.89. The molecule has 0 fully saturated rings. The summed E-state index contributed by atoms with van der Waals surface area (Å²) in [6.07, 6.45) is 3.73. The van der Waals surface area contributed by atoms with Gasteiger partial charge in [-0.2, -0.15) is 5.10 Å². The van der Waals surface area contributed by atoms with Crippen molar-refractivity contribution in [2.24, 2.45) is 4.99 Å². The van der Waals surface area contributed by atoms with Crippen LogP contribution >= 0.6 is 35.6 Å². The van der Waals surface area contributed by atoms with E-state index in [0.29, 0.717) is 17.5 Å². The summed E-state index contributed by atoms with van der Waals surface area (Å²) in [4.78, 5) is 4.23. The van der Waals surface area contributed by atoms with Crippen molar-refractivity contribution in [2.45, 2.75) is 19.5 Å². The summed E-state index contributed by atoms with van der Waals surface area (Å²) in [5.41, 5.74) is 2.71. The molecule has 30 heavy (non-hydrogen) atoms. The lowest BCUT2D eigenvalue weighted by Gasteiger charge is -2.18. The van der Waals surface area contributed by atoms with E-state index in [9.17, 15) is 4.39 Å². The number of nitrogens with zero attached hydrogens (tertiary/aromatic N) is 3. The highest BCUT2D eigenvalue weighted by atomic mass is 127. The zero-order valence-corrected chi connectivity index (χ0v) is 20.0. The largest absolute Gasteiger partial charge is 0.494 e. The maximum atomic E-state index is 13.9. The van der Waals surface area contributed by atoms with Crippen LogP contribution in [-0.4, -0.2) is 29.9 Å². The fourth-order valence-corrected chi connectivity index (χ4v) is 2.93. The molecule has 3 aromatic rings. The second-order valence-electron chi connectivity index (χ2n) is 6.46. The van der Waals surface area contributed by atoms with Crippen LogP contribution in [0, 0.1) is 5.82 Å². The van der Waals surface area contributed by atoms with E-state index in [1.54, 1.807) is 24.0 Å². The minimum atomic E-state index is -0.392. The van der Waals surface area contributed by atoms with Gasteiger partial charge in [0, 0.05) is 30.4 Å². The van der Waals surface area contributed by atoms with E-state index < -0.39 is 5.82 Å². The van der Waals surface area contributed by atoms with E-state index >= 15 is 0 Å². The van der Waals surface area contributed by atoms with Gasteiger partial charge in [-0.25, -0.2) is 9.07 Å². The lowest BCUT2D eigenvalue weighted by Crippen LogP contribution is -2.38. The van der Waals surface area contributed by atoms with Crippen LogP contribution in [0.1, 0.15) is 24.1 Å². The topological polar surface area (TPSA) is 63.5 Å². The van der Waals surface area contributed by atoms with Gasteiger partial charge in [0.2, 0.25) is 0 Å². The summed E-state index contributed by atoms with van der Waals surface area (Å²) >= 11 is 5.93. The number of ether oxygens (including phenoxy) is 1. The lowest BCUT2D eigenvalue weighted by molar-refractivity contribution is 0.386. The van der Waals surface area contributed by atoms with Crippen LogP contribution in [0.2, 0.25) is 5.02 Å². The van der Waals surface area contributed by atoms with Crippen molar-refractivity contribution < 1.29 is 9.13 Å². The van der Waals surface area contributed by atoms with Gasteiger partial charge in [0.1, 0.15) is 0 Å². The molecule has 1 unspecified atom stereocenters. The van der Waals surface area contributed by atoms with Gasteiger partial charge >= 0.3 is 0 Å². The van der Waals surface area contributed by atoms with E-state index in [-0.39, 0.29) is 35.8 Å².